The number of H-pyrrole nitrogens is 1. The minimum atomic E-state index is -0.0612. The molecule has 2 N–H and O–H groups in total. The van der Waals surface area contributed by atoms with E-state index in [9.17, 15) is 4.79 Å². The normalized spacial score (nSPS) is 18.3. The van der Waals surface area contributed by atoms with Gasteiger partial charge < -0.3 is 5.32 Å². The van der Waals surface area contributed by atoms with Crippen molar-refractivity contribution < 1.29 is 4.79 Å². The van der Waals surface area contributed by atoms with Crippen molar-refractivity contribution in [2.45, 2.75) is 31.1 Å². The molecule has 0 unspecified atom stereocenters. The molecule has 0 spiro atoms. The van der Waals surface area contributed by atoms with E-state index >= 15 is 0 Å². The van der Waals surface area contributed by atoms with Gasteiger partial charge >= 0.3 is 0 Å². The third-order valence-corrected chi connectivity index (χ3v) is 5.84. The Morgan fingerprint density at radius 3 is 2.69 bits per heavy atom. The topological polar surface area (TPSA) is 70.7 Å². The van der Waals surface area contributed by atoms with Crippen LogP contribution in [0.2, 0.25) is 0 Å². The second-order valence-corrected chi connectivity index (χ2v) is 7.76. The van der Waals surface area contributed by atoms with Crippen LogP contribution in [0.3, 0.4) is 0 Å². The summed E-state index contributed by atoms with van der Waals surface area (Å²) in [6.45, 7) is 0. The lowest BCUT2D eigenvalue weighted by Crippen LogP contribution is -2.22. The van der Waals surface area contributed by atoms with Crippen molar-refractivity contribution in [1.29, 1.82) is 0 Å². The second-order valence-electron chi connectivity index (χ2n) is 7.76. The lowest BCUT2D eigenvalue weighted by atomic mass is 9.69. The van der Waals surface area contributed by atoms with Crippen molar-refractivity contribution in [3.63, 3.8) is 0 Å². The van der Waals surface area contributed by atoms with E-state index in [1.165, 1.54) is 16.3 Å². The molecule has 2 heterocycles. The third-order valence-electron chi connectivity index (χ3n) is 5.84. The summed E-state index contributed by atoms with van der Waals surface area (Å²) in [6, 6.07) is 19.0. The number of carbonyl (C=O) groups excluding carboxylic acids is 1. The lowest BCUT2D eigenvalue weighted by molar-refractivity contribution is -0.115. The van der Waals surface area contributed by atoms with E-state index in [1.54, 1.807) is 12.4 Å². The molecule has 0 bridgehead atoms. The van der Waals surface area contributed by atoms with Crippen molar-refractivity contribution in [2.75, 3.05) is 5.32 Å². The minimum Gasteiger partial charge on any atom is -0.311 e. The standard InChI is InChI=1S/C24H22N4O/c29-23(10-16-4-3-9-25-14-16)27-24-22(15-26-28-24)21-12-20(13-21)19-8-7-17-5-1-2-6-18(17)11-19/h1-9,11,14-15,20-21H,10,12-13H2,(H2,26,27,28,29). The first-order valence-corrected chi connectivity index (χ1v) is 9.97. The lowest BCUT2D eigenvalue weighted by Gasteiger charge is -2.36. The molecular formula is C24H22N4O. The Morgan fingerprint density at radius 2 is 1.86 bits per heavy atom. The maximum atomic E-state index is 12.4. The first-order chi connectivity index (χ1) is 14.3. The van der Waals surface area contributed by atoms with Gasteiger partial charge in [-0.3, -0.25) is 14.9 Å². The Bertz CT molecular complexity index is 1150. The predicted octanol–water partition coefficient (Wildman–Crippen LogP) is 4.80. The Balaban J connectivity index is 1.24. The van der Waals surface area contributed by atoms with Crippen LogP contribution in [-0.4, -0.2) is 21.1 Å². The average Bonchev–Trinajstić information content (AvgIpc) is 3.15. The molecule has 0 radical (unpaired) electrons. The Hall–Kier alpha value is -3.47. The molecule has 5 nitrogen and oxygen atoms in total. The van der Waals surface area contributed by atoms with Crippen LogP contribution in [0.25, 0.3) is 10.8 Å². The van der Waals surface area contributed by atoms with Gasteiger partial charge in [-0.1, -0.05) is 48.5 Å². The molecule has 29 heavy (non-hydrogen) atoms. The van der Waals surface area contributed by atoms with Gasteiger partial charge in [-0.2, -0.15) is 5.10 Å². The highest BCUT2D eigenvalue weighted by atomic mass is 16.1. The number of carbonyl (C=O) groups is 1. The zero-order valence-electron chi connectivity index (χ0n) is 16.0. The number of hydrogen-bond acceptors (Lipinski definition) is 3. The van der Waals surface area contributed by atoms with Crippen LogP contribution in [-0.2, 0) is 11.2 Å². The Morgan fingerprint density at radius 1 is 1.00 bits per heavy atom. The van der Waals surface area contributed by atoms with Gasteiger partial charge in [0.15, 0.2) is 0 Å². The molecule has 4 aromatic rings. The van der Waals surface area contributed by atoms with Gasteiger partial charge in [0.25, 0.3) is 0 Å². The van der Waals surface area contributed by atoms with Crippen LogP contribution >= 0.6 is 0 Å². The number of nitrogens with one attached hydrogen (secondary N) is 2. The van der Waals surface area contributed by atoms with Crippen molar-refractivity contribution in [2.24, 2.45) is 0 Å². The van der Waals surface area contributed by atoms with E-state index in [2.05, 4.69) is 63.0 Å². The summed E-state index contributed by atoms with van der Waals surface area (Å²) >= 11 is 0. The summed E-state index contributed by atoms with van der Waals surface area (Å²) in [5.74, 6) is 1.63. The van der Waals surface area contributed by atoms with Crippen LogP contribution in [0, 0.1) is 0 Å². The maximum Gasteiger partial charge on any atom is 0.229 e. The van der Waals surface area contributed by atoms with Gasteiger partial charge in [0.2, 0.25) is 5.91 Å². The van der Waals surface area contributed by atoms with Gasteiger partial charge in [0.1, 0.15) is 5.82 Å². The monoisotopic (exact) mass is 382 g/mol. The molecule has 5 heteroatoms. The fourth-order valence-corrected chi connectivity index (χ4v) is 4.18. The first-order valence-electron chi connectivity index (χ1n) is 9.97. The number of pyridine rings is 1. The van der Waals surface area contributed by atoms with Crippen molar-refractivity contribution in [3.8, 4) is 0 Å². The van der Waals surface area contributed by atoms with Crippen molar-refractivity contribution >= 4 is 22.5 Å². The second kappa shape index (κ2) is 7.51. The summed E-state index contributed by atoms with van der Waals surface area (Å²) in [5, 5.41) is 12.7. The minimum absolute atomic E-state index is 0.0612. The van der Waals surface area contributed by atoms with Gasteiger partial charge in [-0.05, 0) is 52.6 Å². The number of aromatic nitrogens is 3. The number of anilines is 1. The number of nitrogens with zero attached hydrogens (tertiary/aromatic N) is 2. The van der Waals surface area contributed by atoms with Gasteiger partial charge in [0.05, 0.1) is 12.6 Å². The number of hydrogen-bond donors (Lipinski definition) is 2. The number of aromatic amines is 1. The highest BCUT2D eigenvalue weighted by Crippen LogP contribution is 2.49. The molecule has 1 saturated carbocycles. The molecule has 2 aromatic carbocycles. The van der Waals surface area contributed by atoms with Gasteiger partial charge in [0, 0.05) is 18.0 Å². The summed E-state index contributed by atoms with van der Waals surface area (Å²) < 4.78 is 0. The van der Waals surface area contributed by atoms with Crippen LogP contribution in [0.5, 0.6) is 0 Å². The predicted molar refractivity (Wildman–Crippen MR) is 114 cm³/mol. The summed E-state index contributed by atoms with van der Waals surface area (Å²) in [5.41, 5.74) is 3.39. The smallest absolute Gasteiger partial charge is 0.229 e. The molecule has 1 fully saturated rings. The summed E-state index contributed by atoms with van der Waals surface area (Å²) in [4.78, 5) is 16.4. The molecule has 144 valence electrons. The van der Waals surface area contributed by atoms with Gasteiger partial charge in [-0.25, -0.2) is 0 Å². The quantitative estimate of drug-likeness (QED) is 0.521. The fraction of sp³-hybridized carbons (Fsp3) is 0.208. The van der Waals surface area contributed by atoms with E-state index < -0.39 is 0 Å². The number of rotatable bonds is 5. The Labute approximate surface area is 169 Å². The molecule has 1 amide bonds. The molecule has 1 aliphatic rings. The van der Waals surface area contributed by atoms with Crippen LogP contribution < -0.4 is 5.32 Å². The highest BCUT2D eigenvalue weighted by molar-refractivity contribution is 5.92. The molecule has 0 aliphatic heterocycles. The summed E-state index contributed by atoms with van der Waals surface area (Å²) in [7, 11) is 0. The fourth-order valence-electron chi connectivity index (χ4n) is 4.18. The molecule has 0 saturated heterocycles. The maximum absolute atomic E-state index is 12.4. The molecule has 0 atom stereocenters. The average molecular weight is 382 g/mol. The number of benzene rings is 2. The third kappa shape index (κ3) is 3.63. The molecule has 1 aliphatic carbocycles. The zero-order valence-corrected chi connectivity index (χ0v) is 16.0. The number of amides is 1. The molecule has 5 rings (SSSR count). The zero-order chi connectivity index (χ0) is 19.6. The first kappa shape index (κ1) is 17.6. The van der Waals surface area contributed by atoms with Crippen molar-refractivity contribution in [1.82, 2.24) is 15.2 Å². The largest absolute Gasteiger partial charge is 0.311 e. The van der Waals surface area contributed by atoms with E-state index in [0.717, 1.165) is 29.8 Å². The SMILES string of the molecule is O=C(Cc1cccnc1)Nc1[nH]ncc1C1CC(c2ccc3ccccc3c2)C1. The van der Waals surface area contributed by atoms with E-state index in [4.69, 9.17) is 0 Å². The molecule has 2 aromatic heterocycles. The van der Waals surface area contributed by atoms with Crippen LogP contribution in [0.1, 0.15) is 41.4 Å². The van der Waals surface area contributed by atoms with Crippen molar-refractivity contribution in [3.05, 3.63) is 89.9 Å². The summed E-state index contributed by atoms with van der Waals surface area (Å²) in [6.07, 6.45) is 7.72. The van der Waals surface area contributed by atoms with E-state index in [-0.39, 0.29) is 5.91 Å². The Kier molecular flexibility index (Phi) is 4.56. The highest BCUT2D eigenvalue weighted by Gasteiger charge is 2.34. The van der Waals surface area contributed by atoms with Gasteiger partial charge in [-0.15, -0.1) is 0 Å². The van der Waals surface area contributed by atoms with E-state index in [0.29, 0.717) is 18.3 Å². The number of fused-ring (bicyclic) bond motifs is 1. The van der Waals surface area contributed by atoms with E-state index in [1.807, 2.05) is 18.3 Å². The van der Waals surface area contributed by atoms with Crippen LogP contribution in [0.15, 0.2) is 73.2 Å². The van der Waals surface area contributed by atoms with Crippen LogP contribution in [0.4, 0.5) is 5.82 Å². The molecular weight excluding hydrogens is 360 g/mol.